The van der Waals surface area contributed by atoms with E-state index >= 15 is 0 Å². The van der Waals surface area contributed by atoms with Crippen LogP contribution in [0, 0.1) is 0 Å². The van der Waals surface area contributed by atoms with Gasteiger partial charge < -0.3 is 9.29 Å². The van der Waals surface area contributed by atoms with Gasteiger partial charge in [0.15, 0.2) is 0 Å². The summed E-state index contributed by atoms with van der Waals surface area (Å²) in [6, 6.07) is 22.9. The average Bonchev–Trinajstić information content (AvgIpc) is 2.76. The Balaban J connectivity index is 1.53. The minimum absolute atomic E-state index is 0.0143. The van der Waals surface area contributed by atoms with Crippen LogP contribution in [0.3, 0.4) is 0 Å². The van der Waals surface area contributed by atoms with Gasteiger partial charge in [0.1, 0.15) is 5.75 Å². The lowest BCUT2D eigenvalue weighted by atomic mass is 9.93. The third-order valence-corrected chi connectivity index (χ3v) is 7.01. The highest BCUT2D eigenvalue weighted by Crippen LogP contribution is 2.35. The summed E-state index contributed by atoms with van der Waals surface area (Å²) in [5.41, 5.74) is 3.08. The zero-order chi connectivity index (χ0) is 22.7. The molecule has 1 aliphatic rings. The third-order valence-electron chi connectivity index (χ3n) is 5.70. The summed E-state index contributed by atoms with van der Waals surface area (Å²) in [4.78, 5) is 2.27. The summed E-state index contributed by atoms with van der Waals surface area (Å²) in [6.07, 6.45) is 0. The minimum Gasteiger partial charge on any atom is -0.760 e. The number of ether oxygens (including phenoxy) is 1. The van der Waals surface area contributed by atoms with Crippen LogP contribution in [-0.4, -0.2) is 44.2 Å². The standard InChI is InChI=1S/C24H24Cl2N2O3S/c1-31-23-4-2-3-17(13-23)14-28(32(29)30)22-15-27(16-22)24(18-5-9-20(25)10-6-18)19-7-11-21(26)12-8-19/h2-13,22,24H,14-16H2,1H3,(H,29,30)/p-1. The molecule has 0 aromatic heterocycles. The molecule has 8 heteroatoms. The molecule has 0 aliphatic carbocycles. The van der Waals surface area contributed by atoms with E-state index < -0.39 is 11.3 Å². The van der Waals surface area contributed by atoms with E-state index in [0.29, 0.717) is 35.4 Å². The fourth-order valence-electron chi connectivity index (χ4n) is 4.04. The molecule has 0 saturated carbocycles. The number of benzene rings is 3. The van der Waals surface area contributed by atoms with Gasteiger partial charge in [-0.15, -0.1) is 0 Å². The van der Waals surface area contributed by atoms with Crippen LogP contribution in [0.1, 0.15) is 22.7 Å². The van der Waals surface area contributed by atoms with Crippen molar-refractivity contribution in [3.05, 3.63) is 99.5 Å². The summed E-state index contributed by atoms with van der Waals surface area (Å²) < 4.78 is 30.8. The van der Waals surface area contributed by atoms with Crippen molar-refractivity contribution in [3.63, 3.8) is 0 Å². The topological polar surface area (TPSA) is 55.8 Å². The number of likely N-dealkylation sites (tertiary alicyclic amines) is 1. The lowest BCUT2D eigenvalue weighted by Gasteiger charge is -2.49. The molecule has 168 valence electrons. The lowest BCUT2D eigenvalue weighted by Crippen LogP contribution is -2.60. The molecule has 1 aliphatic heterocycles. The molecule has 1 heterocycles. The Morgan fingerprint density at radius 1 is 1.03 bits per heavy atom. The van der Waals surface area contributed by atoms with Gasteiger partial charge in [0.05, 0.1) is 13.2 Å². The number of hydrogen-bond acceptors (Lipinski definition) is 4. The third kappa shape index (κ3) is 5.34. The van der Waals surface area contributed by atoms with E-state index in [2.05, 4.69) is 4.90 Å². The molecule has 1 saturated heterocycles. The molecule has 0 bridgehead atoms. The molecule has 0 amide bonds. The van der Waals surface area contributed by atoms with Gasteiger partial charge in [-0.25, -0.2) is 4.31 Å². The molecule has 5 nitrogen and oxygen atoms in total. The first kappa shape index (κ1) is 23.2. The number of rotatable bonds is 8. The second-order valence-electron chi connectivity index (χ2n) is 7.76. The maximum absolute atomic E-state index is 12.0. The van der Waals surface area contributed by atoms with Crippen molar-refractivity contribution < 1.29 is 13.5 Å². The fourth-order valence-corrected chi connectivity index (χ4v) is 4.92. The van der Waals surface area contributed by atoms with Gasteiger partial charge >= 0.3 is 0 Å². The van der Waals surface area contributed by atoms with E-state index in [1.807, 2.05) is 72.8 Å². The summed E-state index contributed by atoms with van der Waals surface area (Å²) in [5, 5.41) is 1.35. The minimum atomic E-state index is -2.33. The zero-order valence-corrected chi connectivity index (χ0v) is 19.8. The largest absolute Gasteiger partial charge is 0.760 e. The first-order valence-corrected chi connectivity index (χ1v) is 12.0. The Hall–Kier alpha value is -1.93. The number of nitrogens with zero attached hydrogens (tertiary/aromatic N) is 2. The van der Waals surface area contributed by atoms with Gasteiger partial charge in [0.2, 0.25) is 0 Å². The molecule has 0 N–H and O–H groups in total. The lowest BCUT2D eigenvalue weighted by molar-refractivity contribution is 0.0494. The fraction of sp³-hybridized carbons (Fsp3) is 0.250. The molecule has 4 rings (SSSR count). The van der Waals surface area contributed by atoms with Gasteiger partial charge in [-0.1, -0.05) is 59.6 Å². The van der Waals surface area contributed by atoms with Crippen LogP contribution < -0.4 is 4.74 Å². The van der Waals surface area contributed by atoms with Crippen LogP contribution in [0.4, 0.5) is 0 Å². The van der Waals surface area contributed by atoms with Gasteiger partial charge in [-0.05, 0) is 53.1 Å². The summed E-state index contributed by atoms with van der Waals surface area (Å²) >= 11 is 9.85. The van der Waals surface area contributed by atoms with Crippen LogP contribution in [0.2, 0.25) is 10.0 Å². The number of hydrogen-bond donors (Lipinski definition) is 0. The molecule has 3 aromatic rings. The summed E-state index contributed by atoms with van der Waals surface area (Å²) in [6.45, 7) is 1.54. The summed E-state index contributed by atoms with van der Waals surface area (Å²) in [7, 11) is 1.60. The van der Waals surface area contributed by atoms with Crippen molar-refractivity contribution in [1.29, 1.82) is 0 Å². The van der Waals surface area contributed by atoms with E-state index in [0.717, 1.165) is 16.7 Å². The van der Waals surface area contributed by atoms with Gasteiger partial charge in [0, 0.05) is 47.0 Å². The zero-order valence-electron chi connectivity index (χ0n) is 17.5. The summed E-state index contributed by atoms with van der Waals surface area (Å²) in [5.74, 6) is 0.708. The molecular formula is C24H23Cl2N2O3S-. The van der Waals surface area contributed by atoms with Gasteiger partial charge in [0.25, 0.3) is 0 Å². The molecule has 1 unspecified atom stereocenters. The highest BCUT2D eigenvalue weighted by molar-refractivity contribution is 7.76. The molecule has 1 atom stereocenters. The monoisotopic (exact) mass is 489 g/mol. The van der Waals surface area contributed by atoms with Crippen molar-refractivity contribution in [3.8, 4) is 5.75 Å². The SMILES string of the molecule is COc1cccc(CN(C2CN(C(c3ccc(Cl)cc3)c3ccc(Cl)cc3)C2)S(=O)[O-])c1. The Kier molecular flexibility index (Phi) is 7.51. The predicted molar refractivity (Wildman–Crippen MR) is 128 cm³/mol. The van der Waals surface area contributed by atoms with E-state index in [1.165, 1.54) is 4.31 Å². The van der Waals surface area contributed by atoms with Gasteiger partial charge in [-0.2, -0.15) is 0 Å². The smallest absolute Gasteiger partial charge is 0.119 e. The van der Waals surface area contributed by atoms with Crippen molar-refractivity contribution in [1.82, 2.24) is 9.21 Å². The normalized spacial score (nSPS) is 15.7. The van der Waals surface area contributed by atoms with Crippen LogP contribution in [-0.2, 0) is 17.8 Å². The second-order valence-corrected chi connectivity index (χ2v) is 9.53. The molecular weight excluding hydrogens is 467 g/mol. The van der Waals surface area contributed by atoms with E-state index in [9.17, 15) is 8.76 Å². The Morgan fingerprint density at radius 3 is 2.09 bits per heavy atom. The van der Waals surface area contributed by atoms with E-state index in [-0.39, 0.29) is 12.1 Å². The Morgan fingerprint density at radius 2 is 1.59 bits per heavy atom. The second kappa shape index (κ2) is 10.3. The van der Waals surface area contributed by atoms with Crippen LogP contribution >= 0.6 is 23.2 Å². The van der Waals surface area contributed by atoms with Crippen LogP contribution in [0.15, 0.2) is 72.8 Å². The molecule has 1 fully saturated rings. The van der Waals surface area contributed by atoms with Gasteiger partial charge in [-0.3, -0.25) is 9.11 Å². The molecule has 0 spiro atoms. The van der Waals surface area contributed by atoms with E-state index in [4.69, 9.17) is 27.9 Å². The number of halogens is 2. The maximum Gasteiger partial charge on any atom is 0.119 e. The highest BCUT2D eigenvalue weighted by atomic mass is 35.5. The van der Waals surface area contributed by atoms with Crippen LogP contribution in [0.5, 0.6) is 5.75 Å². The Bertz CT molecular complexity index is 1030. The molecule has 0 radical (unpaired) electrons. The molecule has 32 heavy (non-hydrogen) atoms. The van der Waals surface area contributed by atoms with Crippen molar-refractivity contribution >= 4 is 34.5 Å². The number of methoxy groups -OCH3 is 1. The molecule has 3 aromatic carbocycles. The highest BCUT2D eigenvalue weighted by Gasteiger charge is 2.37. The Labute approximate surface area is 200 Å². The first-order valence-electron chi connectivity index (χ1n) is 10.2. The van der Waals surface area contributed by atoms with Crippen LogP contribution in [0.25, 0.3) is 0 Å². The first-order chi connectivity index (χ1) is 15.4. The van der Waals surface area contributed by atoms with E-state index in [1.54, 1.807) is 7.11 Å². The van der Waals surface area contributed by atoms with Crippen molar-refractivity contribution in [2.75, 3.05) is 20.2 Å². The predicted octanol–water partition coefficient (Wildman–Crippen LogP) is 5.07. The van der Waals surface area contributed by atoms with Crippen molar-refractivity contribution in [2.45, 2.75) is 18.6 Å². The average molecular weight is 490 g/mol. The van der Waals surface area contributed by atoms with Crippen molar-refractivity contribution in [2.24, 2.45) is 0 Å². The maximum atomic E-state index is 12.0. The quantitative estimate of drug-likeness (QED) is 0.414.